The van der Waals surface area contributed by atoms with Crippen LogP contribution in [-0.4, -0.2) is 25.6 Å². The minimum absolute atomic E-state index is 0.0510. The van der Waals surface area contributed by atoms with Gasteiger partial charge in [0.2, 0.25) is 11.9 Å². The van der Waals surface area contributed by atoms with Crippen molar-refractivity contribution < 1.29 is 9.72 Å². The lowest BCUT2D eigenvalue weighted by Gasteiger charge is -2.27. The van der Waals surface area contributed by atoms with Gasteiger partial charge in [0.1, 0.15) is 6.04 Å². The third-order valence-electron chi connectivity index (χ3n) is 4.55. The number of benzene rings is 2. The summed E-state index contributed by atoms with van der Waals surface area (Å²) >= 11 is 0. The molecule has 1 unspecified atom stereocenters. The number of amides is 1. The van der Waals surface area contributed by atoms with E-state index in [-0.39, 0.29) is 5.69 Å². The number of nitrogens with two attached hydrogens (primary N) is 1. The fraction of sp³-hybridized carbons (Fsp3) is 0.105. The summed E-state index contributed by atoms with van der Waals surface area (Å²) in [4.78, 5) is 27.2. The van der Waals surface area contributed by atoms with Gasteiger partial charge >= 0.3 is 0 Å². The topological polar surface area (TPSA) is 129 Å². The van der Waals surface area contributed by atoms with Gasteiger partial charge in [0.15, 0.2) is 5.82 Å². The van der Waals surface area contributed by atoms with Crippen LogP contribution in [0.5, 0.6) is 0 Å². The van der Waals surface area contributed by atoms with Crippen molar-refractivity contribution in [1.29, 1.82) is 0 Å². The Balaban J connectivity index is 1.86. The number of hydrogen-bond donors (Lipinski definition) is 2. The van der Waals surface area contributed by atoms with Gasteiger partial charge in [-0.25, -0.2) is 4.68 Å². The Morgan fingerprint density at radius 2 is 1.96 bits per heavy atom. The number of carbonyl (C=O) groups is 1. The Labute approximate surface area is 159 Å². The zero-order chi connectivity index (χ0) is 19.8. The van der Waals surface area contributed by atoms with E-state index < -0.39 is 16.9 Å². The van der Waals surface area contributed by atoms with Crippen LogP contribution in [0.4, 0.5) is 11.6 Å². The van der Waals surface area contributed by atoms with Gasteiger partial charge in [-0.15, -0.1) is 5.10 Å². The normalized spacial score (nSPS) is 15.7. The standard InChI is InChI=1S/C19H16N6O3/c1-11-15(17(20)26)16(12-6-3-2-4-7-12)24-19(21-11)22-18(23-24)13-8-5-9-14(10-13)25(27)28/h2-10,16H,1H3,(H2,20,26)(H,21,22,23). The third kappa shape index (κ3) is 2.88. The van der Waals surface area contributed by atoms with Crippen molar-refractivity contribution in [1.82, 2.24) is 14.8 Å². The molecule has 28 heavy (non-hydrogen) atoms. The van der Waals surface area contributed by atoms with Gasteiger partial charge in [-0.1, -0.05) is 42.5 Å². The second-order valence-electron chi connectivity index (χ2n) is 6.35. The number of primary amides is 1. The summed E-state index contributed by atoms with van der Waals surface area (Å²) < 4.78 is 1.58. The third-order valence-corrected chi connectivity index (χ3v) is 4.55. The van der Waals surface area contributed by atoms with E-state index in [1.807, 2.05) is 30.3 Å². The number of anilines is 1. The van der Waals surface area contributed by atoms with Crippen LogP contribution in [0.25, 0.3) is 11.4 Å². The van der Waals surface area contributed by atoms with Crippen LogP contribution in [0.3, 0.4) is 0 Å². The number of nitrogens with one attached hydrogen (secondary N) is 1. The number of nitro benzene ring substituents is 1. The highest BCUT2D eigenvalue weighted by atomic mass is 16.6. The summed E-state index contributed by atoms with van der Waals surface area (Å²) in [6.07, 6.45) is 0. The molecule has 2 aromatic carbocycles. The van der Waals surface area contributed by atoms with Crippen molar-refractivity contribution in [3.8, 4) is 11.4 Å². The van der Waals surface area contributed by atoms with Crippen molar-refractivity contribution in [3.05, 3.63) is 81.5 Å². The quantitative estimate of drug-likeness (QED) is 0.532. The number of fused-ring (bicyclic) bond motifs is 1. The minimum atomic E-state index is -0.558. The van der Waals surface area contributed by atoms with E-state index in [1.54, 1.807) is 23.7 Å². The van der Waals surface area contributed by atoms with Crippen molar-refractivity contribution in [2.75, 3.05) is 5.32 Å². The average molecular weight is 376 g/mol. The van der Waals surface area contributed by atoms with E-state index in [0.717, 1.165) is 5.56 Å². The summed E-state index contributed by atoms with van der Waals surface area (Å²) in [5.74, 6) is 0.181. The Kier molecular flexibility index (Phi) is 4.11. The molecule has 140 valence electrons. The molecule has 0 bridgehead atoms. The van der Waals surface area contributed by atoms with E-state index in [1.165, 1.54) is 12.1 Å². The van der Waals surface area contributed by atoms with E-state index >= 15 is 0 Å². The van der Waals surface area contributed by atoms with Crippen molar-refractivity contribution in [2.45, 2.75) is 13.0 Å². The fourth-order valence-electron chi connectivity index (χ4n) is 3.29. The van der Waals surface area contributed by atoms with Gasteiger partial charge in [-0.05, 0) is 12.5 Å². The monoisotopic (exact) mass is 376 g/mol. The maximum absolute atomic E-state index is 12.1. The molecule has 0 spiro atoms. The first-order valence-electron chi connectivity index (χ1n) is 8.49. The van der Waals surface area contributed by atoms with E-state index in [0.29, 0.717) is 28.6 Å². The molecule has 1 aliphatic heterocycles. The van der Waals surface area contributed by atoms with Crippen LogP contribution >= 0.6 is 0 Å². The van der Waals surface area contributed by atoms with Gasteiger partial charge in [0, 0.05) is 23.4 Å². The minimum Gasteiger partial charge on any atom is -0.366 e. The average Bonchev–Trinajstić information content (AvgIpc) is 3.11. The lowest BCUT2D eigenvalue weighted by Crippen LogP contribution is -2.31. The van der Waals surface area contributed by atoms with E-state index in [4.69, 9.17) is 5.73 Å². The molecule has 1 amide bonds. The highest BCUT2D eigenvalue weighted by Gasteiger charge is 2.33. The molecule has 9 heteroatoms. The molecule has 9 nitrogen and oxygen atoms in total. The molecule has 0 fully saturated rings. The molecule has 2 heterocycles. The summed E-state index contributed by atoms with van der Waals surface area (Å²) in [7, 11) is 0. The number of nitro groups is 1. The first kappa shape index (κ1) is 17.4. The van der Waals surface area contributed by atoms with Crippen molar-refractivity contribution in [3.63, 3.8) is 0 Å². The molecule has 3 N–H and O–H groups in total. The lowest BCUT2D eigenvalue weighted by atomic mass is 9.95. The SMILES string of the molecule is CC1=C(C(N)=O)C(c2ccccc2)n2nc(-c3cccc([N+](=O)[O-])c3)nc2N1. The molecule has 1 atom stereocenters. The van der Waals surface area contributed by atoms with Crippen molar-refractivity contribution >= 4 is 17.5 Å². The summed E-state index contributed by atoms with van der Waals surface area (Å²) in [5, 5.41) is 18.6. The van der Waals surface area contributed by atoms with Gasteiger partial charge in [-0.3, -0.25) is 14.9 Å². The molecule has 0 saturated heterocycles. The molecule has 1 aromatic heterocycles. The number of allylic oxidation sites excluding steroid dienone is 1. The smallest absolute Gasteiger partial charge is 0.270 e. The fourth-order valence-corrected chi connectivity index (χ4v) is 3.29. The van der Waals surface area contributed by atoms with Crippen LogP contribution in [0, 0.1) is 10.1 Å². The van der Waals surface area contributed by atoms with Gasteiger partial charge in [0.05, 0.1) is 10.5 Å². The molecule has 0 aliphatic carbocycles. The molecule has 3 aromatic rings. The number of aromatic nitrogens is 3. The number of non-ortho nitro benzene ring substituents is 1. The van der Waals surface area contributed by atoms with Crippen molar-refractivity contribution in [2.24, 2.45) is 5.73 Å². The predicted octanol–water partition coefficient (Wildman–Crippen LogP) is 2.63. The second kappa shape index (κ2) is 6.62. The Bertz CT molecular complexity index is 1120. The maximum atomic E-state index is 12.1. The van der Waals surface area contributed by atoms with Crippen LogP contribution in [0.1, 0.15) is 18.5 Å². The van der Waals surface area contributed by atoms with Gasteiger partial charge in [-0.2, -0.15) is 4.98 Å². The highest BCUT2D eigenvalue weighted by Crippen LogP contribution is 2.36. The molecular formula is C19H16N6O3. The number of rotatable bonds is 4. The molecule has 4 rings (SSSR count). The Morgan fingerprint density at radius 3 is 2.64 bits per heavy atom. The van der Waals surface area contributed by atoms with E-state index in [2.05, 4.69) is 15.4 Å². The molecule has 1 aliphatic rings. The highest BCUT2D eigenvalue weighted by molar-refractivity contribution is 5.95. The van der Waals surface area contributed by atoms with Crippen LogP contribution in [0.2, 0.25) is 0 Å². The van der Waals surface area contributed by atoms with E-state index in [9.17, 15) is 14.9 Å². The first-order valence-corrected chi connectivity index (χ1v) is 8.49. The first-order chi connectivity index (χ1) is 13.5. The maximum Gasteiger partial charge on any atom is 0.270 e. The van der Waals surface area contributed by atoms with Crippen LogP contribution in [-0.2, 0) is 4.79 Å². The molecule has 0 saturated carbocycles. The van der Waals surface area contributed by atoms with Gasteiger partial charge in [0.25, 0.3) is 5.69 Å². The predicted molar refractivity (Wildman–Crippen MR) is 102 cm³/mol. The molecular weight excluding hydrogens is 360 g/mol. The Hall–Kier alpha value is -4.01. The zero-order valence-electron chi connectivity index (χ0n) is 14.9. The summed E-state index contributed by atoms with van der Waals surface area (Å²) in [6.45, 7) is 1.75. The van der Waals surface area contributed by atoms with Crippen LogP contribution in [0.15, 0.2) is 65.9 Å². The van der Waals surface area contributed by atoms with Gasteiger partial charge < -0.3 is 11.1 Å². The lowest BCUT2D eigenvalue weighted by molar-refractivity contribution is -0.384. The number of carbonyl (C=O) groups excluding carboxylic acids is 1. The largest absolute Gasteiger partial charge is 0.366 e. The zero-order valence-corrected chi connectivity index (χ0v) is 14.9. The number of hydrogen-bond acceptors (Lipinski definition) is 6. The second-order valence-corrected chi connectivity index (χ2v) is 6.35. The Morgan fingerprint density at radius 1 is 1.21 bits per heavy atom. The summed E-state index contributed by atoms with van der Waals surface area (Å²) in [6, 6.07) is 14.9. The van der Waals surface area contributed by atoms with Crippen LogP contribution < -0.4 is 11.1 Å². The number of nitrogens with zero attached hydrogens (tertiary/aromatic N) is 4. The molecule has 0 radical (unpaired) electrons. The summed E-state index contributed by atoms with van der Waals surface area (Å²) in [5.41, 5.74) is 7.89.